The molecule has 0 unspecified atom stereocenters. The van der Waals surface area contributed by atoms with Crippen LogP contribution < -0.4 is 0 Å². The van der Waals surface area contributed by atoms with Gasteiger partial charge in [-0.2, -0.15) is 13.2 Å². The lowest BCUT2D eigenvalue weighted by molar-refractivity contribution is -0.137. The fourth-order valence-electron chi connectivity index (χ4n) is 1.90. The molecule has 0 saturated carbocycles. The van der Waals surface area contributed by atoms with Crippen LogP contribution in [0.4, 0.5) is 13.2 Å². The standard InChI is InChI=1S/C18H21F3/c1-4-6-8-15(5-2)12-11-14(3)16-9-7-10-17(13-16)18(19,20)21/h5,7,9-13H,2,4,6,8H2,1,3H3/b14-11+,15-12-. The van der Waals surface area contributed by atoms with Gasteiger partial charge in [0.15, 0.2) is 0 Å². The molecule has 114 valence electrons. The molecule has 0 aliphatic heterocycles. The Morgan fingerprint density at radius 1 is 1.24 bits per heavy atom. The van der Waals surface area contributed by atoms with Crippen molar-refractivity contribution in [3.63, 3.8) is 0 Å². The Bertz CT molecular complexity index is 534. The SMILES string of the molecule is C=C/C(=C/C=C(\C)c1cccc(C(F)(F)F)c1)CCCC. The minimum Gasteiger partial charge on any atom is -0.166 e. The van der Waals surface area contributed by atoms with Crippen molar-refractivity contribution in [3.05, 3.63) is 65.8 Å². The molecule has 3 heteroatoms. The molecule has 0 bridgehead atoms. The number of hydrogen-bond acceptors (Lipinski definition) is 0. The summed E-state index contributed by atoms with van der Waals surface area (Å²) in [6.45, 7) is 7.69. The van der Waals surface area contributed by atoms with Crippen LogP contribution in [0.2, 0.25) is 0 Å². The maximum Gasteiger partial charge on any atom is 0.416 e. The molecule has 0 nitrogen and oxygen atoms in total. The van der Waals surface area contributed by atoms with Crippen molar-refractivity contribution >= 4 is 5.57 Å². The number of hydrogen-bond donors (Lipinski definition) is 0. The van der Waals surface area contributed by atoms with Crippen LogP contribution in [0, 0.1) is 0 Å². The van der Waals surface area contributed by atoms with E-state index in [0.717, 1.165) is 36.5 Å². The van der Waals surface area contributed by atoms with Crippen molar-refractivity contribution in [2.75, 3.05) is 0 Å². The second kappa shape index (κ2) is 7.87. The quantitative estimate of drug-likeness (QED) is 0.532. The smallest absolute Gasteiger partial charge is 0.166 e. The highest BCUT2D eigenvalue weighted by molar-refractivity contribution is 5.66. The predicted molar refractivity (Wildman–Crippen MR) is 82.9 cm³/mol. The number of unbranched alkanes of at least 4 members (excludes halogenated alkanes) is 1. The van der Waals surface area contributed by atoms with Gasteiger partial charge in [0, 0.05) is 0 Å². The molecule has 0 aliphatic rings. The Morgan fingerprint density at radius 3 is 2.52 bits per heavy atom. The van der Waals surface area contributed by atoms with Gasteiger partial charge in [0.25, 0.3) is 0 Å². The van der Waals surface area contributed by atoms with Crippen LogP contribution >= 0.6 is 0 Å². The van der Waals surface area contributed by atoms with Gasteiger partial charge in [0.1, 0.15) is 0 Å². The molecule has 0 fully saturated rings. The van der Waals surface area contributed by atoms with Gasteiger partial charge >= 0.3 is 6.18 Å². The highest BCUT2D eigenvalue weighted by atomic mass is 19.4. The summed E-state index contributed by atoms with van der Waals surface area (Å²) >= 11 is 0. The molecule has 0 amide bonds. The summed E-state index contributed by atoms with van der Waals surface area (Å²) in [6, 6.07) is 5.39. The molecule has 0 spiro atoms. The van der Waals surface area contributed by atoms with Crippen LogP contribution in [0.3, 0.4) is 0 Å². The maximum absolute atomic E-state index is 12.7. The van der Waals surface area contributed by atoms with Gasteiger partial charge in [-0.05, 0) is 48.6 Å². The fourth-order valence-corrected chi connectivity index (χ4v) is 1.90. The van der Waals surface area contributed by atoms with Crippen LogP contribution in [0.15, 0.2) is 54.6 Å². The van der Waals surface area contributed by atoms with Crippen molar-refractivity contribution in [1.29, 1.82) is 0 Å². The Balaban J connectivity index is 2.97. The topological polar surface area (TPSA) is 0 Å². The van der Waals surface area contributed by atoms with E-state index in [1.165, 1.54) is 12.1 Å². The Kier molecular flexibility index (Phi) is 6.47. The van der Waals surface area contributed by atoms with Crippen molar-refractivity contribution < 1.29 is 13.2 Å². The molecule has 1 rings (SSSR count). The molecule has 0 radical (unpaired) electrons. The molecule has 1 aromatic carbocycles. The van der Waals surface area contributed by atoms with Gasteiger partial charge in [-0.1, -0.05) is 50.3 Å². The average molecular weight is 294 g/mol. The van der Waals surface area contributed by atoms with Crippen molar-refractivity contribution in [2.24, 2.45) is 0 Å². The zero-order valence-electron chi connectivity index (χ0n) is 12.5. The van der Waals surface area contributed by atoms with Gasteiger partial charge in [-0.15, -0.1) is 0 Å². The number of benzene rings is 1. The summed E-state index contributed by atoms with van der Waals surface area (Å²) in [5.41, 5.74) is 1.87. The highest BCUT2D eigenvalue weighted by Gasteiger charge is 2.30. The molecule has 0 heterocycles. The first-order chi connectivity index (χ1) is 9.88. The molecule has 0 N–H and O–H groups in total. The summed E-state index contributed by atoms with van der Waals surface area (Å²) in [5, 5.41) is 0. The summed E-state index contributed by atoms with van der Waals surface area (Å²) in [7, 11) is 0. The van der Waals surface area contributed by atoms with Crippen molar-refractivity contribution in [2.45, 2.75) is 39.3 Å². The van der Waals surface area contributed by atoms with Gasteiger partial charge in [-0.25, -0.2) is 0 Å². The van der Waals surface area contributed by atoms with Crippen LogP contribution in [-0.2, 0) is 6.18 Å². The fraction of sp³-hybridized carbons (Fsp3) is 0.333. The van der Waals surface area contributed by atoms with Gasteiger partial charge in [-0.3, -0.25) is 0 Å². The van der Waals surface area contributed by atoms with E-state index in [1.807, 2.05) is 19.1 Å². The van der Waals surface area contributed by atoms with E-state index in [1.54, 1.807) is 12.1 Å². The normalized spacial score (nSPS) is 13.4. The van der Waals surface area contributed by atoms with Crippen LogP contribution in [0.1, 0.15) is 44.2 Å². The largest absolute Gasteiger partial charge is 0.416 e. The molecule has 0 aliphatic carbocycles. The van der Waals surface area contributed by atoms with Crippen LogP contribution in [0.25, 0.3) is 5.57 Å². The third-order valence-corrected chi connectivity index (χ3v) is 3.27. The Morgan fingerprint density at radius 2 is 1.95 bits per heavy atom. The van der Waals surface area contributed by atoms with Crippen molar-refractivity contribution in [3.8, 4) is 0 Å². The zero-order valence-corrected chi connectivity index (χ0v) is 12.5. The summed E-state index contributed by atoms with van der Waals surface area (Å²) in [5.74, 6) is 0. The summed E-state index contributed by atoms with van der Waals surface area (Å²) in [4.78, 5) is 0. The van der Waals surface area contributed by atoms with E-state index in [2.05, 4.69) is 13.5 Å². The van der Waals surface area contributed by atoms with Crippen LogP contribution in [0.5, 0.6) is 0 Å². The first-order valence-electron chi connectivity index (χ1n) is 7.06. The van der Waals surface area contributed by atoms with E-state index in [0.29, 0.717) is 5.56 Å². The molecule has 21 heavy (non-hydrogen) atoms. The average Bonchev–Trinajstić information content (AvgIpc) is 2.46. The second-order valence-electron chi connectivity index (χ2n) is 4.98. The van der Waals surface area contributed by atoms with E-state index < -0.39 is 11.7 Å². The van der Waals surface area contributed by atoms with Crippen LogP contribution in [-0.4, -0.2) is 0 Å². The van der Waals surface area contributed by atoms with E-state index in [-0.39, 0.29) is 0 Å². The Hall–Kier alpha value is -1.77. The first-order valence-corrected chi connectivity index (χ1v) is 7.06. The molecule has 0 atom stereocenters. The lowest BCUT2D eigenvalue weighted by Crippen LogP contribution is -2.04. The molecular formula is C18H21F3. The number of allylic oxidation sites excluding steroid dienone is 5. The lowest BCUT2D eigenvalue weighted by Gasteiger charge is -2.08. The number of alkyl halides is 3. The van der Waals surface area contributed by atoms with E-state index in [4.69, 9.17) is 0 Å². The highest BCUT2D eigenvalue weighted by Crippen LogP contribution is 2.30. The van der Waals surface area contributed by atoms with E-state index in [9.17, 15) is 13.2 Å². The maximum atomic E-state index is 12.7. The van der Waals surface area contributed by atoms with Gasteiger partial charge in [0.05, 0.1) is 5.56 Å². The van der Waals surface area contributed by atoms with Gasteiger partial charge < -0.3 is 0 Å². The second-order valence-corrected chi connectivity index (χ2v) is 4.98. The number of rotatable bonds is 6. The summed E-state index contributed by atoms with van der Waals surface area (Å²) in [6.07, 6.45) is 4.38. The molecule has 0 aromatic heterocycles. The number of halogens is 3. The van der Waals surface area contributed by atoms with E-state index >= 15 is 0 Å². The van der Waals surface area contributed by atoms with Crippen molar-refractivity contribution in [1.82, 2.24) is 0 Å². The zero-order chi connectivity index (χ0) is 15.9. The molecule has 1 aromatic rings. The van der Waals surface area contributed by atoms with Gasteiger partial charge in [0.2, 0.25) is 0 Å². The summed E-state index contributed by atoms with van der Waals surface area (Å²) < 4.78 is 38.1. The third kappa shape index (κ3) is 5.62. The monoisotopic (exact) mass is 294 g/mol. The lowest BCUT2D eigenvalue weighted by atomic mass is 10.0. The molecular weight excluding hydrogens is 273 g/mol. The minimum atomic E-state index is -4.31. The third-order valence-electron chi connectivity index (χ3n) is 3.27. The minimum absolute atomic E-state index is 0.583. The Labute approximate surface area is 124 Å². The predicted octanol–water partition coefficient (Wildman–Crippen LogP) is 6.41. The first kappa shape index (κ1) is 17.3. The molecule has 0 saturated heterocycles.